The van der Waals surface area contributed by atoms with Gasteiger partial charge in [-0.25, -0.2) is 4.98 Å². The molecule has 4 rings (SSSR count). The number of fused-ring (bicyclic) bond motifs is 1. The summed E-state index contributed by atoms with van der Waals surface area (Å²) in [6.07, 6.45) is 4.90. The fraction of sp³-hybridized carbons (Fsp3) is 0.105. The second-order valence-corrected chi connectivity index (χ2v) is 5.75. The van der Waals surface area contributed by atoms with Gasteiger partial charge in [-0.3, -0.25) is 9.36 Å². The van der Waals surface area contributed by atoms with E-state index in [0.717, 1.165) is 16.6 Å². The molecule has 3 heterocycles. The zero-order valence-corrected chi connectivity index (χ0v) is 13.6. The first kappa shape index (κ1) is 15.1. The van der Waals surface area contributed by atoms with Crippen molar-refractivity contribution in [1.29, 1.82) is 0 Å². The van der Waals surface area contributed by atoms with E-state index in [9.17, 15) is 4.79 Å². The Morgan fingerprint density at radius 2 is 2.08 bits per heavy atom. The molecule has 0 saturated carbocycles. The van der Waals surface area contributed by atoms with Gasteiger partial charge in [-0.15, -0.1) is 0 Å². The monoisotopic (exact) mass is 332 g/mol. The van der Waals surface area contributed by atoms with E-state index >= 15 is 0 Å². The van der Waals surface area contributed by atoms with Crippen LogP contribution in [0, 0.1) is 6.92 Å². The maximum atomic E-state index is 12.6. The minimum Gasteiger partial charge on any atom is -0.432 e. The third-order valence-corrected chi connectivity index (χ3v) is 4.05. The Bertz CT molecular complexity index is 1100. The summed E-state index contributed by atoms with van der Waals surface area (Å²) in [6.45, 7) is 2.51. The van der Waals surface area contributed by atoms with E-state index in [1.54, 1.807) is 24.7 Å². The summed E-state index contributed by atoms with van der Waals surface area (Å²) in [7, 11) is 0. The maximum absolute atomic E-state index is 12.6. The number of aromatic nitrogens is 3. The Balaban J connectivity index is 1.73. The first-order valence-corrected chi connectivity index (χ1v) is 7.92. The number of carbonyl (C=O) groups is 1. The first-order chi connectivity index (χ1) is 12.2. The smallest absolute Gasteiger partial charge is 0.305 e. The van der Waals surface area contributed by atoms with Gasteiger partial charge >= 0.3 is 5.68 Å². The number of rotatable bonds is 3. The van der Waals surface area contributed by atoms with E-state index in [-0.39, 0.29) is 11.6 Å². The number of nitrogens with zero attached hydrogens (tertiary/aromatic N) is 3. The Morgan fingerprint density at radius 1 is 1.24 bits per heavy atom. The third kappa shape index (κ3) is 2.89. The van der Waals surface area contributed by atoms with Crippen molar-refractivity contribution >= 4 is 16.9 Å². The Labute approximate surface area is 143 Å². The lowest BCUT2D eigenvalue weighted by Crippen LogP contribution is -2.20. The van der Waals surface area contributed by atoms with Crippen molar-refractivity contribution in [3.05, 3.63) is 83.6 Å². The number of amides is 1. The molecule has 0 spiro atoms. The summed E-state index contributed by atoms with van der Waals surface area (Å²) in [4.78, 5) is 24.0. The Kier molecular flexibility index (Phi) is 3.78. The second-order valence-electron chi connectivity index (χ2n) is 5.75. The minimum absolute atomic E-state index is 0.282. The summed E-state index contributed by atoms with van der Waals surface area (Å²) in [6, 6.07) is 13.6. The zero-order chi connectivity index (χ0) is 17.2. The molecule has 124 valence electrons. The molecule has 6 nitrogen and oxygen atoms in total. The zero-order valence-electron chi connectivity index (χ0n) is 13.6. The quantitative estimate of drug-likeness (QED) is 0.626. The normalized spacial score (nSPS) is 12.0. The summed E-state index contributed by atoms with van der Waals surface area (Å²) in [5.41, 5.74) is 3.43. The van der Waals surface area contributed by atoms with E-state index in [1.165, 1.54) is 0 Å². The highest BCUT2D eigenvalue weighted by Gasteiger charge is 2.13. The van der Waals surface area contributed by atoms with Crippen molar-refractivity contribution in [2.75, 3.05) is 0 Å². The molecule has 0 radical (unpaired) electrons. The minimum atomic E-state index is -0.365. The summed E-state index contributed by atoms with van der Waals surface area (Å²) >= 11 is 0. The highest BCUT2D eigenvalue weighted by molar-refractivity contribution is 6.06. The molecular formula is C19H16N4O2. The number of hydrogen-bond acceptors (Lipinski definition) is 3. The number of hydrogen-bond donors (Lipinski definition) is 1. The number of oxazole rings is 1. The predicted octanol–water partition coefficient (Wildman–Crippen LogP) is 3.06. The molecule has 0 aliphatic rings. The molecule has 1 aromatic carbocycles. The van der Waals surface area contributed by atoms with Crippen molar-refractivity contribution in [1.82, 2.24) is 14.5 Å². The van der Waals surface area contributed by atoms with Gasteiger partial charge in [-0.1, -0.05) is 30.3 Å². The van der Waals surface area contributed by atoms with Gasteiger partial charge in [0, 0.05) is 17.8 Å². The molecule has 0 aliphatic carbocycles. The molecule has 0 unspecified atom stereocenters. The topological polar surface area (TPSA) is 76.2 Å². The van der Waals surface area contributed by atoms with Gasteiger partial charge in [-0.2, -0.15) is 4.99 Å². The predicted molar refractivity (Wildman–Crippen MR) is 93.0 cm³/mol. The van der Waals surface area contributed by atoms with Gasteiger partial charge in [0.25, 0.3) is 5.91 Å². The van der Waals surface area contributed by atoms with Crippen molar-refractivity contribution in [3.8, 4) is 0 Å². The molecular weight excluding hydrogens is 316 g/mol. The van der Waals surface area contributed by atoms with E-state index in [1.807, 2.05) is 47.9 Å². The lowest BCUT2D eigenvalue weighted by atomic mass is 10.2. The number of H-pyrrole nitrogens is 1. The molecule has 1 amide bonds. The van der Waals surface area contributed by atoms with Crippen molar-refractivity contribution in [2.24, 2.45) is 4.99 Å². The van der Waals surface area contributed by atoms with Gasteiger partial charge in [-0.05, 0) is 24.6 Å². The second kappa shape index (κ2) is 6.24. The van der Waals surface area contributed by atoms with Crippen LogP contribution in [-0.2, 0) is 6.54 Å². The molecule has 0 saturated heterocycles. The lowest BCUT2D eigenvalue weighted by Gasteiger charge is -2.04. The average molecular weight is 332 g/mol. The molecule has 6 heteroatoms. The van der Waals surface area contributed by atoms with Crippen LogP contribution in [-0.4, -0.2) is 20.4 Å². The molecule has 4 aromatic rings. The SMILES string of the molecule is Cc1coc(=NC(=O)c2c[nH]c3ncccc23)n1Cc1ccccc1. The van der Waals surface area contributed by atoms with Crippen molar-refractivity contribution in [2.45, 2.75) is 13.5 Å². The summed E-state index contributed by atoms with van der Waals surface area (Å²) in [5.74, 6) is -0.365. The molecule has 0 fully saturated rings. The molecule has 0 atom stereocenters. The average Bonchev–Trinajstić information content (AvgIpc) is 3.21. The highest BCUT2D eigenvalue weighted by Crippen LogP contribution is 2.16. The van der Waals surface area contributed by atoms with E-state index in [4.69, 9.17) is 4.42 Å². The van der Waals surface area contributed by atoms with Crippen molar-refractivity contribution in [3.63, 3.8) is 0 Å². The van der Waals surface area contributed by atoms with Gasteiger partial charge in [0.2, 0.25) is 0 Å². The number of aromatic amines is 1. The first-order valence-electron chi connectivity index (χ1n) is 7.92. The van der Waals surface area contributed by atoms with Crippen LogP contribution < -0.4 is 5.68 Å². The van der Waals surface area contributed by atoms with Crippen LogP contribution in [0.25, 0.3) is 11.0 Å². The van der Waals surface area contributed by atoms with Gasteiger partial charge < -0.3 is 9.40 Å². The Morgan fingerprint density at radius 3 is 2.92 bits per heavy atom. The third-order valence-electron chi connectivity index (χ3n) is 4.05. The maximum Gasteiger partial charge on any atom is 0.305 e. The van der Waals surface area contributed by atoms with Gasteiger partial charge in [0.1, 0.15) is 11.9 Å². The Hall–Kier alpha value is -3.41. The van der Waals surface area contributed by atoms with Crippen LogP contribution in [0.5, 0.6) is 0 Å². The fourth-order valence-electron chi connectivity index (χ4n) is 2.74. The number of benzene rings is 1. The van der Waals surface area contributed by atoms with Crippen molar-refractivity contribution < 1.29 is 9.21 Å². The van der Waals surface area contributed by atoms with Crippen LogP contribution in [0.1, 0.15) is 21.6 Å². The summed E-state index contributed by atoms with van der Waals surface area (Å²) in [5, 5.41) is 0.745. The van der Waals surface area contributed by atoms with Crippen LogP contribution in [0.15, 0.2) is 70.5 Å². The van der Waals surface area contributed by atoms with Crippen LogP contribution >= 0.6 is 0 Å². The highest BCUT2D eigenvalue weighted by atomic mass is 16.3. The molecule has 0 bridgehead atoms. The van der Waals surface area contributed by atoms with Crippen LogP contribution in [0.2, 0.25) is 0 Å². The number of carbonyl (C=O) groups excluding carboxylic acids is 1. The molecule has 25 heavy (non-hydrogen) atoms. The van der Waals surface area contributed by atoms with Crippen LogP contribution in [0.4, 0.5) is 0 Å². The van der Waals surface area contributed by atoms with Gasteiger partial charge in [0.05, 0.1) is 17.8 Å². The molecule has 3 aromatic heterocycles. The summed E-state index contributed by atoms with van der Waals surface area (Å²) < 4.78 is 7.37. The number of aryl methyl sites for hydroxylation is 1. The number of pyridine rings is 1. The fourth-order valence-corrected chi connectivity index (χ4v) is 2.74. The number of nitrogens with one attached hydrogen (secondary N) is 1. The largest absolute Gasteiger partial charge is 0.432 e. The molecule has 1 N–H and O–H groups in total. The van der Waals surface area contributed by atoms with Gasteiger partial charge in [0.15, 0.2) is 0 Å². The van der Waals surface area contributed by atoms with E-state index in [0.29, 0.717) is 17.8 Å². The lowest BCUT2D eigenvalue weighted by molar-refractivity contribution is 0.0994. The standard InChI is InChI=1S/C19H16N4O2/c1-13-12-25-19(23(13)11-14-6-3-2-4-7-14)22-18(24)16-10-21-17-15(16)8-5-9-20-17/h2-10,12H,11H2,1H3,(H,20,21). The molecule has 0 aliphatic heterocycles. The van der Waals surface area contributed by atoms with E-state index in [2.05, 4.69) is 15.0 Å². The van der Waals surface area contributed by atoms with Crippen LogP contribution in [0.3, 0.4) is 0 Å². The van der Waals surface area contributed by atoms with E-state index < -0.39 is 0 Å².